The summed E-state index contributed by atoms with van der Waals surface area (Å²) in [6, 6.07) is 6.97. The lowest BCUT2D eigenvalue weighted by Gasteiger charge is -2.21. The van der Waals surface area contributed by atoms with Gasteiger partial charge < -0.3 is 45.5 Å². The van der Waals surface area contributed by atoms with Gasteiger partial charge in [0.15, 0.2) is 11.8 Å². The number of aromatic hydroxyl groups is 2. The van der Waals surface area contributed by atoms with E-state index in [4.69, 9.17) is 14.6 Å². The molecule has 1 heterocycles. The number of amides is 3. The molecule has 1 unspecified atom stereocenters. The predicted molar refractivity (Wildman–Crippen MR) is 156 cm³/mol. The first kappa shape index (κ1) is 34.9. The molecule has 6 N–H and O–H groups in total. The normalized spacial score (nSPS) is 12.0. The van der Waals surface area contributed by atoms with Crippen LogP contribution in [0.3, 0.4) is 0 Å². The van der Waals surface area contributed by atoms with Gasteiger partial charge in [-0.15, -0.1) is 0 Å². The Morgan fingerprint density at radius 2 is 1.60 bits per heavy atom. The van der Waals surface area contributed by atoms with E-state index in [0.717, 1.165) is 0 Å². The Kier molecular flexibility index (Phi) is 13.3. The molecule has 2 rings (SSSR count). The highest BCUT2D eigenvalue weighted by Crippen LogP contribution is 2.36. The maximum Gasteiger partial charge on any atom is 0.506 e. The zero-order chi connectivity index (χ0) is 32.2. The summed E-state index contributed by atoms with van der Waals surface area (Å²) in [7, 11) is 0. The molecule has 0 fully saturated rings. The van der Waals surface area contributed by atoms with E-state index in [1.165, 1.54) is 10.6 Å². The minimum atomic E-state index is -1.39. The topological polar surface area (TPSA) is 198 Å². The van der Waals surface area contributed by atoms with Gasteiger partial charge in [-0.25, -0.2) is 4.79 Å². The van der Waals surface area contributed by atoms with E-state index in [9.17, 15) is 29.4 Å². The standard InChI is InChI=1S/C29H42N4O10/c1-18(2)25(26(37)30-15-22(34)31-20-8-6-19(7-9-20)16-43-28(39)40)32-23(35)17-42-13-12-41-11-10-33-24(36)14-21(27(33)38)29(3,4)5/h6-9,14,18,25,36,38H,10-13,15-17H2,1-5H3,(H,30,37)(H,31,34)(H,32,35)(H,39,40). The fourth-order valence-electron chi connectivity index (χ4n) is 3.90. The predicted octanol–water partition coefficient (Wildman–Crippen LogP) is 2.32. The molecule has 0 radical (unpaired) electrons. The Hall–Kier alpha value is -4.30. The lowest BCUT2D eigenvalue weighted by Crippen LogP contribution is -2.51. The summed E-state index contributed by atoms with van der Waals surface area (Å²) in [5, 5.41) is 36.7. The molecule has 43 heavy (non-hydrogen) atoms. The molecule has 0 saturated carbocycles. The van der Waals surface area contributed by atoms with Crippen LogP contribution in [0.1, 0.15) is 45.7 Å². The lowest BCUT2D eigenvalue weighted by atomic mass is 9.89. The molecule has 0 aliphatic heterocycles. The van der Waals surface area contributed by atoms with Gasteiger partial charge in [0.25, 0.3) is 0 Å². The first-order chi connectivity index (χ1) is 20.2. The first-order valence-corrected chi connectivity index (χ1v) is 13.8. The average molecular weight is 607 g/mol. The van der Waals surface area contributed by atoms with Gasteiger partial charge in [-0.3, -0.25) is 19.0 Å². The number of ether oxygens (including phenoxy) is 3. The highest BCUT2D eigenvalue weighted by atomic mass is 16.7. The van der Waals surface area contributed by atoms with E-state index in [0.29, 0.717) is 16.8 Å². The number of nitrogens with one attached hydrogen (secondary N) is 3. The Bertz CT molecular complexity index is 1240. The summed E-state index contributed by atoms with van der Waals surface area (Å²) < 4.78 is 16.6. The van der Waals surface area contributed by atoms with Crippen molar-refractivity contribution in [2.75, 3.05) is 38.3 Å². The summed E-state index contributed by atoms with van der Waals surface area (Å²) in [4.78, 5) is 47.7. The van der Waals surface area contributed by atoms with E-state index >= 15 is 0 Å². The molecule has 0 bridgehead atoms. The van der Waals surface area contributed by atoms with Crippen molar-refractivity contribution in [3.8, 4) is 11.8 Å². The summed E-state index contributed by atoms with van der Waals surface area (Å²) in [5.41, 5.74) is 1.35. The monoisotopic (exact) mass is 606 g/mol. The van der Waals surface area contributed by atoms with E-state index in [2.05, 4.69) is 20.7 Å². The van der Waals surface area contributed by atoms with Crippen LogP contribution in [0.15, 0.2) is 30.3 Å². The second-order valence-electron chi connectivity index (χ2n) is 11.1. The van der Waals surface area contributed by atoms with Gasteiger partial charge in [0.05, 0.1) is 32.9 Å². The number of benzene rings is 1. The van der Waals surface area contributed by atoms with Crippen molar-refractivity contribution in [1.82, 2.24) is 15.2 Å². The quantitative estimate of drug-likeness (QED) is 0.122. The molecule has 0 aliphatic carbocycles. The van der Waals surface area contributed by atoms with Gasteiger partial charge >= 0.3 is 6.16 Å². The third-order valence-electron chi connectivity index (χ3n) is 6.21. The molecular formula is C29H42N4O10. The zero-order valence-electron chi connectivity index (χ0n) is 25.1. The van der Waals surface area contributed by atoms with Crippen LogP contribution < -0.4 is 16.0 Å². The fraction of sp³-hybridized carbons (Fsp3) is 0.517. The summed E-state index contributed by atoms with van der Waals surface area (Å²) in [6.07, 6.45) is -1.39. The van der Waals surface area contributed by atoms with E-state index < -0.39 is 29.9 Å². The molecule has 1 aromatic carbocycles. The van der Waals surface area contributed by atoms with Crippen LogP contribution in [0.4, 0.5) is 10.5 Å². The van der Waals surface area contributed by atoms with Crippen LogP contribution in [0.5, 0.6) is 11.8 Å². The molecule has 0 aliphatic rings. The van der Waals surface area contributed by atoms with Crippen LogP contribution in [0.2, 0.25) is 0 Å². The minimum Gasteiger partial charge on any atom is -0.494 e. The number of carboxylic acid groups (broad SMARTS) is 1. The number of hydrogen-bond donors (Lipinski definition) is 6. The third kappa shape index (κ3) is 11.8. The zero-order valence-corrected chi connectivity index (χ0v) is 25.1. The second kappa shape index (κ2) is 16.4. The van der Waals surface area contributed by atoms with E-state index in [1.807, 2.05) is 20.8 Å². The molecule has 238 valence electrons. The maximum atomic E-state index is 12.7. The Balaban J connectivity index is 1.67. The maximum absolute atomic E-state index is 12.7. The molecule has 14 heteroatoms. The molecule has 1 aromatic heterocycles. The van der Waals surface area contributed by atoms with Crippen LogP contribution in [0, 0.1) is 5.92 Å². The molecule has 3 amide bonds. The number of hydrogen-bond acceptors (Lipinski definition) is 9. The largest absolute Gasteiger partial charge is 0.506 e. The molecule has 1 atom stereocenters. The Morgan fingerprint density at radius 1 is 0.953 bits per heavy atom. The molecule has 0 spiro atoms. The summed E-state index contributed by atoms with van der Waals surface area (Å²) in [5.74, 6) is -1.87. The molecule has 0 saturated heterocycles. The van der Waals surface area contributed by atoms with Gasteiger partial charge in [0.1, 0.15) is 19.3 Å². The number of carbonyl (C=O) groups is 4. The first-order valence-electron chi connectivity index (χ1n) is 13.8. The van der Waals surface area contributed by atoms with E-state index in [1.54, 1.807) is 38.1 Å². The second-order valence-corrected chi connectivity index (χ2v) is 11.1. The smallest absolute Gasteiger partial charge is 0.494 e. The van der Waals surface area contributed by atoms with Crippen molar-refractivity contribution in [3.63, 3.8) is 0 Å². The van der Waals surface area contributed by atoms with Gasteiger partial charge in [-0.2, -0.15) is 0 Å². The van der Waals surface area contributed by atoms with Crippen molar-refractivity contribution in [3.05, 3.63) is 41.5 Å². The molecule has 2 aromatic rings. The third-order valence-corrected chi connectivity index (χ3v) is 6.21. The van der Waals surface area contributed by atoms with Crippen LogP contribution in [0.25, 0.3) is 0 Å². The number of nitrogens with zero attached hydrogens (tertiary/aromatic N) is 1. The van der Waals surface area contributed by atoms with Gasteiger partial charge in [-0.05, 0) is 29.0 Å². The van der Waals surface area contributed by atoms with Crippen molar-refractivity contribution >= 4 is 29.6 Å². The van der Waals surface area contributed by atoms with Crippen LogP contribution in [-0.2, 0) is 47.2 Å². The minimum absolute atomic E-state index is 0.0113. The van der Waals surface area contributed by atoms with Gasteiger partial charge in [0, 0.05) is 17.3 Å². The SMILES string of the molecule is CC(C)C(NC(=O)COCCOCCn1c(O)cc(C(C)(C)C)c1O)C(=O)NCC(=O)Nc1ccc(COC(=O)O)cc1. The Morgan fingerprint density at radius 3 is 2.19 bits per heavy atom. The highest BCUT2D eigenvalue weighted by molar-refractivity contribution is 5.96. The van der Waals surface area contributed by atoms with Crippen LogP contribution >= 0.6 is 0 Å². The van der Waals surface area contributed by atoms with Crippen molar-refractivity contribution in [2.24, 2.45) is 5.92 Å². The summed E-state index contributed by atoms with van der Waals surface area (Å²) >= 11 is 0. The lowest BCUT2D eigenvalue weighted by molar-refractivity contribution is -0.133. The fourth-order valence-corrected chi connectivity index (χ4v) is 3.90. The van der Waals surface area contributed by atoms with Crippen molar-refractivity contribution in [2.45, 2.75) is 59.2 Å². The molecule has 14 nitrogen and oxygen atoms in total. The average Bonchev–Trinajstić information content (AvgIpc) is 3.22. The molecular weight excluding hydrogens is 564 g/mol. The van der Waals surface area contributed by atoms with Crippen molar-refractivity contribution in [1.29, 1.82) is 0 Å². The number of anilines is 1. The van der Waals surface area contributed by atoms with Crippen LogP contribution in [-0.4, -0.2) is 82.8 Å². The number of aromatic nitrogens is 1. The Labute approximate surface area is 250 Å². The number of rotatable bonds is 16. The van der Waals surface area contributed by atoms with Gasteiger partial charge in [0.2, 0.25) is 17.7 Å². The van der Waals surface area contributed by atoms with Crippen molar-refractivity contribution < 1.29 is 48.7 Å². The van der Waals surface area contributed by atoms with E-state index in [-0.39, 0.29) is 69.2 Å². The van der Waals surface area contributed by atoms with Gasteiger partial charge in [-0.1, -0.05) is 46.8 Å². The number of carbonyl (C=O) groups excluding carboxylic acids is 3. The highest BCUT2D eigenvalue weighted by Gasteiger charge is 2.25. The summed E-state index contributed by atoms with van der Waals surface area (Å²) in [6.45, 7) is 9.25.